The number of ether oxygens (including phenoxy) is 3. The SMILES string of the molecule is CC(C)(C)OC(=O)C[C@H]1CCC[C@@H](c2ccc3c(c2)OCO3)[C@@H]1N. The summed E-state index contributed by atoms with van der Waals surface area (Å²) in [6.07, 6.45) is 3.47. The molecule has 0 unspecified atom stereocenters. The second-order valence-corrected chi connectivity index (χ2v) is 7.78. The fourth-order valence-electron chi connectivity index (χ4n) is 3.68. The van der Waals surface area contributed by atoms with Crippen molar-refractivity contribution >= 4 is 5.97 Å². The van der Waals surface area contributed by atoms with Crippen molar-refractivity contribution in [3.8, 4) is 11.5 Å². The zero-order valence-corrected chi connectivity index (χ0v) is 14.7. The molecule has 1 aliphatic carbocycles. The van der Waals surface area contributed by atoms with Gasteiger partial charge in [0.05, 0.1) is 0 Å². The largest absolute Gasteiger partial charge is 0.460 e. The fraction of sp³-hybridized carbons (Fsp3) is 0.632. The van der Waals surface area contributed by atoms with Crippen LogP contribution in [0, 0.1) is 5.92 Å². The van der Waals surface area contributed by atoms with Gasteiger partial charge in [0.2, 0.25) is 6.79 Å². The second kappa shape index (κ2) is 6.63. The Kier molecular flexibility index (Phi) is 4.72. The van der Waals surface area contributed by atoms with E-state index in [0.29, 0.717) is 6.42 Å². The quantitative estimate of drug-likeness (QED) is 0.859. The number of rotatable bonds is 3. The van der Waals surface area contributed by atoms with E-state index in [4.69, 9.17) is 19.9 Å². The first-order chi connectivity index (χ1) is 11.3. The molecule has 5 nitrogen and oxygen atoms in total. The zero-order chi connectivity index (χ0) is 17.3. The summed E-state index contributed by atoms with van der Waals surface area (Å²) < 4.78 is 16.3. The van der Waals surface area contributed by atoms with Gasteiger partial charge in [-0.15, -0.1) is 0 Å². The maximum Gasteiger partial charge on any atom is 0.306 e. The summed E-state index contributed by atoms with van der Waals surface area (Å²) in [6.45, 7) is 5.94. The monoisotopic (exact) mass is 333 g/mol. The third-order valence-corrected chi connectivity index (χ3v) is 4.77. The molecule has 5 heteroatoms. The van der Waals surface area contributed by atoms with Crippen molar-refractivity contribution < 1.29 is 19.0 Å². The zero-order valence-electron chi connectivity index (χ0n) is 14.7. The van der Waals surface area contributed by atoms with Crippen molar-refractivity contribution in [1.29, 1.82) is 0 Å². The molecule has 1 aromatic carbocycles. The Bertz CT molecular complexity index is 608. The van der Waals surface area contributed by atoms with Gasteiger partial charge in [-0.2, -0.15) is 0 Å². The summed E-state index contributed by atoms with van der Waals surface area (Å²) in [5, 5.41) is 0. The minimum atomic E-state index is -0.452. The Morgan fingerprint density at radius 2 is 2.00 bits per heavy atom. The summed E-state index contributed by atoms with van der Waals surface area (Å²) in [4.78, 5) is 12.2. The molecule has 3 rings (SSSR count). The summed E-state index contributed by atoms with van der Waals surface area (Å²) in [6, 6.07) is 5.99. The lowest BCUT2D eigenvalue weighted by atomic mass is 9.73. The first-order valence-corrected chi connectivity index (χ1v) is 8.70. The van der Waals surface area contributed by atoms with E-state index in [1.54, 1.807) is 0 Å². The van der Waals surface area contributed by atoms with Crippen LogP contribution in [0.2, 0.25) is 0 Å². The molecule has 1 saturated carbocycles. The molecule has 24 heavy (non-hydrogen) atoms. The molecule has 1 aliphatic heterocycles. The number of fused-ring (bicyclic) bond motifs is 1. The summed E-state index contributed by atoms with van der Waals surface area (Å²) in [7, 11) is 0. The number of carbonyl (C=O) groups is 1. The topological polar surface area (TPSA) is 70.8 Å². The van der Waals surface area contributed by atoms with Crippen molar-refractivity contribution in [2.45, 2.75) is 64.0 Å². The lowest BCUT2D eigenvalue weighted by Gasteiger charge is -2.36. The highest BCUT2D eigenvalue weighted by atomic mass is 16.7. The highest BCUT2D eigenvalue weighted by Crippen LogP contribution is 2.41. The molecular formula is C19H27NO4. The number of esters is 1. The van der Waals surface area contributed by atoms with E-state index in [1.165, 1.54) is 5.56 Å². The van der Waals surface area contributed by atoms with Crippen LogP contribution in [-0.4, -0.2) is 24.4 Å². The summed E-state index contributed by atoms with van der Waals surface area (Å²) in [5.41, 5.74) is 7.25. The van der Waals surface area contributed by atoms with Gasteiger partial charge in [0.25, 0.3) is 0 Å². The van der Waals surface area contributed by atoms with Crippen LogP contribution in [0.15, 0.2) is 18.2 Å². The maximum atomic E-state index is 12.2. The van der Waals surface area contributed by atoms with Crippen molar-refractivity contribution in [3.05, 3.63) is 23.8 Å². The molecule has 0 bridgehead atoms. The highest BCUT2D eigenvalue weighted by molar-refractivity contribution is 5.70. The van der Waals surface area contributed by atoms with Crippen molar-refractivity contribution in [1.82, 2.24) is 0 Å². The smallest absolute Gasteiger partial charge is 0.306 e. The predicted molar refractivity (Wildman–Crippen MR) is 91.1 cm³/mol. The fourth-order valence-corrected chi connectivity index (χ4v) is 3.68. The van der Waals surface area contributed by atoms with Gasteiger partial charge in [0.1, 0.15) is 5.60 Å². The van der Waals surface area contributed by atoms with E-state index < -0.39 is 5.60 Å². The Morgan fingerprint density at radius 3 is 2.75 bits per heavy atom. The Balaban J connectivity index is 1.68. The number of nitrogens with two attached hydrogens (primary N) is 1. The van der Waals surface area contributed by atoms with Crippen LogP contribution in [-0.2, 0) is 9.53 Å². The van der Waals surface area contributed by atoms with Crippen molar-refractivity contribution in [2.24, 2.45) is 11.7 Å². The van der Waals surface area contributed by atoms with Crippen LogP contribution in [0.4, 0.5) is 0 Å². The molecule has 2 aliphatic rings. The Hall–Kier alpha value is -1.75. The van der Waals surface area contributed by atoms with Crippen LogP contribution in [0.25, 0.3) is 0 Å². The highest BCUT2D eigenvalue weighted by Gasteiger charge is 2.34. The van der Waals surface area contributed by atoms with Gasteiger partial charge in [-0.3, -0.25) is 4.79 Å². The molecule has 132 valence electrons. The molecule has 0 spiro atoms. The molecule has 0 amide bonds. The van der Waals surface area contributed by atoms with Crippen LogP contribution >= 0.6 is 0 Å². The molecule has 1 aromatic rings. The Labute approximate surface area is 143 Å². The minimum absolute atomic E-state index is 0.0494. The van der Waals surface area contributed by atoms with Gasteiger partial charge in [-0.25, -0.2) is 0 Å². The molecule has 1 heterocycles. The van der Waals surface area contributed by atoms with E-state index in [9.17, 15) is 4.79 Å². The maximum absolute atomic E-state index is 12.2. The van der Waals surface area contributed by atoms with E-state index in [2.05, 4.69) is 6.07 Å². The first kappa shape index (κ1) is 17.1. The van der Waals surface area contributed by atoms with Gasteiger partial charge < -0.3 is 19.9 Å². The van der Waals surface area contributed by atoms with Crippen LogP contribution in [0.1, 0.15) is 57.9 Å². The lowest BCUT2D eigenvalue weighted by Crippen LogP contribution is -2.41. The van der Waals surface area contributed by atoms with E-state index in [1.807, 2.05) is 32.9 Å². The first-order valence-electron chi connectivity index (χ1n) is 8.70. The summed E-state index contributed by atoms with van der Waals surface area (Å²) >= 11 is 0. The number of hydrogen-bond donors (Lipinski definition) is 1. The lowest BCUT2D eigenvalue weighted by molar-refractivity contribution is -0.156. The molecule has 0 radical (unpaired) electrons. The summed E-state index contributed by atoms with van der Waals surface area (Å²) in [5.74, 6) is 1.81. The molecule has 0 saturated heterocycles. The van der Waals surface area contributed by atoms with E-state index in [-0.39, 0.29) is 30.6 Å². The average molecular weight is 333 g/mol. The molecular weight excluding hydrogens is 306 g/mol. The van der Waals surface area contributed by atoms with Crippen LogP contribution < -0.4 is 15.2 Å². The minimum Gasteiger partial charge on any atom is -0.460 e. The molecule has 3 atom stereocenters. The van der Waals surface area contributed by atoms with Gasteiger partial charge in [0.15, 0.2) is 11.5 Å². The van der Waals surface area contributed by atoms with Crippen molar-refractivity contribution in [3.63, 3.8) is 0 Å². The second-order valence-electron chi connectivity index (χ2n) is 7.78. The van der Waals surface area contributed by atoms with E-state index >= 15 is 0 Å². The third kappa shape index (κ3) is 3.83. The van der Waals surface area contributed by atoms with Gasteiger partial charge >= 0.3 is 5.97 Å². The average Bonchev–Trinajstić information content (AvgIpc) is 2.95. The standard InChI is InChI=1S/C19H27NO4/c1-19(2,3)24-17(21)10-13-5-4-6-14(18(13)20)12-7-8-15-16(9-12)23-11-22-15/h7-9,13-14,18H,4-6,10-11,20H2,1-3H3/t13-,14+,18-/m1/s1. The number of benzene rings is 1. The van der Waals surface area contributed by atoms with E-state index in [0.717, 1.165) is 30.8 Å². The predicted octanol–water partition coefficient (Wildman–Crippen LogP) is 3.36. The van der Waals surface area contributed by atoms with Gasteiger partial charge in [0, 0.05) is 12.5 Å². The normalized spacial score (nSPS) is 26.2. The Morgan fingerprint density at radius 1 is 1.25 bits per heavy atom. The third-order valence-electron chi connectivity index (χ3n) is 4.77. The van der Waals surface area contributed by atoms with Gasteiger partial charge in [-0.1, -0.05) is 12.5 Å². The van der Waals surface area contributed by atoms with Crippen molar-refractivity contribution in [2.75, 3.05) is 6.79 Å². The van der Waals surface area contributed by atoms with Gasteiger partial charge in [-0.05, 0) is 63.1 Å². The number of hydrogen-bond acceptors (Lipinski definition) is 5. The molecule has 2 N–H and O–H groups in total. The van der Waals surface area contributed by atoms with Crippen LogP contribution in [0.3, 0.4) is 0 Å². The van der Waals surface area contributed by atoms with Crippen LogP contribution in [0.5, 0.6) is 11.5 Å². The number of carbonyl (C=O) groups excluding carboxylic acids is 1. The molecule has 0 aromatic heterocycles. The molecule has 1 fully saturated rings.